The van der Waals surface area contributed by atoms with E-state index in [0.717, 1.165) is 6.42 Å². The third kappa shape index (κ3) is 1.82. The third-order valence-corrected chi connectivity index (χ3v) is 1.88. The lowest BCUT2D eigenvalue weighted by Gasteiger charge is -2.17. The maximum absolute atomic E-state index is 5.47. The lowest BCUT2D eigenvalue weighted by molar-refractivity contribution is 0.297. The highest BCUT2D eigenvalue weighted by atomic mass is 16.5. The second-order valence-electron chi connectivity index (χ2n) is 3.57. The Balaban J connectivity index is 2.81. The standard InChI is InChI=1S/C8H15N3O/c1-6-10-7(12-11-6)8(2,3)4-5-9/h4-5,9H2,1-3H3. The molecule has 2 N–H and O–H groups in total. The summed E-state index contributed by atoms with van der Waals surface area (Å²) in [6.45, 7) is 6.54. The van der Waals surface area contributed by atoms with Crippen LogP contribution in [-0.4, -0.2) is 16.7 Å². The predicted molar refractivity (Wildman–Crippen MR) is 45.7 cm³/mol. The molecule has 1 heterocycles. The molecule has 0 atom stereocenters. The van der Waals surface area contributed by atoms with Gasteiger partial charge in [-0.1, -0.05) is 19.0 Å². The van der Waals surface area contributed by atoms with Gasteiger partial charge in [-0.05, 0) is 19.9 Å². The molecule has 0 radical (unpaired) electrons. The van der Waals surface area contributed by atoms with Crippen LogP contribution < -0.4 is 5.73 Å². The Bertz CT molecular complexity index is 255. The van der Waals surface area contributed by atoms with Gasteiger partial charge < -0.3 is 10.3 Å². The molecule has 12 heavy (non-hydrogen) atoms. The summed E-state index contributed by atoms with van der Waals surface area (Å²) in [7, 11) is 0. The molecule has 1 rings (SSSR count). The van der Waals surface area contributed by atoms with Crippen molar-refractivity contribution in [2.75, 3.05) is 6.54 Å². The molecule has 0 fully saturated rings. The van der Waals surface area contributed by atoms with Gasteiger partial charge in [-0.2, -0.15) is 4.98 Å². The second-order valence-corrected chi connectivity index (χ2v) is 3.57. The van der Waals surface area contributed by atoms with Crippen LogP contribution in [0.4, 0.5) is 0 Å². The minimum absolute atomic E-state index is 0.101. The van der Waals surface area contributed by atoms with Crippen molar-refractivity contribution >= 4 is 0 Å². The fourth-order valence-corrected chi connectivity index (χ4v) is 1.04. The molecule has 0 amide bonds. The highest BCUT2D eigenvalue weighted by Gasteiger charge is 2.25. The number of hydrogen-bond acceptors (Lipinski definition) is 4. The van der Waals surface area contributed by atoms with Crippen molar-refractivity contribution in [3.63, 3.8) is 0 Å². The van der Waals surface area contributed by atoms with E-state index in [-0.39, 0.29) is 5.41 Å². The number of rotatable bonds is 3. The molecule has 4 heteroatoms. The van der Waals surface area contributed by atoms with E-state index in [9.17, 15) is 0 Å². The van der Waals surface area contributed by atoms with E-state index in [0.29, 0.717) is 18.3 Å². The van der Waals surface area contributed by atoms with Crippen molar-refractivity contribution in [1.82, 2.24) is 10.1 Å². The second kappa shape index (κ2) is 3.23. The van der Waals surface area contributed by atoms with Crippen LogP contribution in [0.25, 0.3) is 0 Å². The molecule has 4 nitrogen and oxygen atoms in total. The van der Waals surface area contributed by atoms with Crippen molar-refractivity contribution in [1.29, 1.82) is 0 Å². The summed E-state index contributed by atoms with van der Waals surface area (Å²) in [5.74, 6) is 1.35. The first-order chi connectivity index (χ1) is 5.56. The van der Waals surface area contributed by atoms with Gasteiger partial charge in [-0.3, -0.25) is 0 Å². The number of nitrogens with zero attached hydrogens (tertiary/aromatic N) is 2. The molecule has 0 bridgehead atoms. The summed E-state index contributed by atoms with van der Waals surface area (Å²) >= 11 is 0. The van der Waals surface area contributed by atoms with Gasteiger partial charge in [0.05, 0.1) is 0 Å². The van der Waals surface area contributed by atoms with Crippen LogP contribution in [0.5, 0.6) is 0 Å². The molecular formula is C8H15N3O. The van der Waals surface area contributed by atoms with Gasteiger partial charge in [-0.25, -0.2) is 0 Å². The van der Waals surface area contributed by atoms with Crippen LogP contribution in [0.2, 0.25) is 0 Å². The van der Waals surface area contributed by atoms with Gasteiger partial charge >= 0.3 is 0 Å². The zero-order valence-corrected chi connectivity index (χ0v) is 7.79. The van der Waals surface area contributed by atoms with Crippen molar-refractivity contribution in [3.8, 4) is 0 Å². The lowest BCUT2D eigenvalue weighted by Crippen LogP contribution is -2.22. The first kappa shape index (κ1) is 9.19. The first-order valence-corrected chi connectivity index (χ1v) is 4.07. The lowest BCUT2D eigenvalue weighted by atomic mass is 9.89. The fraction of sp³-hybridized carbons (Fsp3) is 0.750. The molecule has 68 valence electrons. The minimum Gasteiger partial charge on any atom is -0.339 e. The Kier molecular flexibility index (Phi) is 2.47. The fourth-order valence-electron chi connectivity index (χ4n) is 1.04. The van der Waals surface area contributed by atoms with E-state index in [1.54, 1.807) is 0 Å². The molecule has 0 aromatic carbocycles. The van der Waals surface area contributed by atoms with Crippen molar-refractivity contribution in [3.05, 3.63) is 11.7 Å². The van der Waals surface area contributed by atoms with Gasteiger partial charge in [0.2, 0.25) is 5.89 Å². The van der Waals surface area contributed by atoms with Crippen molar-refractivity contribution in [2.24, 2.45) is 5.73 Å². The van der Waals surface area contributed by atoms with Gasteiger partial charge in [0, 0.05) is 5.41 Å². The summed E-state index contributed by atoms with van der Waals surface area (Å²) in [4.78, 5) is 4.17. The van der Waals surface area contributed by atoms with E-state index >= 15 is 0 Å². The zero-order valence-electron chi connectivity index (χ0n) is 7.79. The van der Waals surface area contributed by atoms with E-state index in [2.05, 4.69) is 10.1 Å². The van der Waals surface area contributed by atoms with E-state index in [1.165, 1.54) is 0 Å². The first-order valence-electron chi connectivity index (χ1n) is 4.07. The highest BCUT2D eigenvalue weighted by molar-refractivity contribution is 4.99. The van der Waals surface area contributed by atoms with E-state index in [1.807, 2.05) is 20.8 Å². The van der Waals surface area contributed by atoms with E-state index < -0.39 is 0 Å². The smallest absolute Gasteiger partial charge is 0.232 e. The Hall–Kier alpha value is -0.900. The topological polar surface area (TPSA) is 64.9 Å². The maximum Gasteiger partial charge on any atom is 0.232 e. The summed E-state index contributed by atoms with van der Waals surface area (Å²) in [5, 5.41) is 3.74. The van der Waals surface area contributed by atoms with Gasteiger partial charge in [0.15, 0.2) is 5.82 Å². The van der Waals surface area contributed by atoms with Crippen molar-refractivity contribution < 1.29 is 4.52 Å². The van der Waals surface area contributed by atoms with Crippen molar-refractivity contribution in [2.45, 2.75) is 32.6 Å². The monoisotopic (exact) mass is 169 g/mol. The average Bonchev–Trinajstić information content (AvgIpc) is 2.36. The molecule has 0 aliphatic rings. The Morgan fingerprint density at radius 2 is 2.17 bits per heavy atom. The molecule has 0 aliphatic carbocycles. The molecule has 0 saturated carbocycles. The summed E-state index contributed by atoms with van der Waals surface area (Å²) in [6, 6.07) is 0. The molecule has 0 aliphatic heterocycles. The maximum atomic E-state index is 5.47. The molecule has 1 aromatic rings. The Morgan fingerprint density at radius 1 is 1.50 bits per heavy atom. The van der Waals surface area contributed by atoms with Gasteiger partial charge in [-0.15, -0.1) is 0 Å². The number of aryl methyl sites for hydroxylation is 1. The molecule has 0 spiro atoms. The van der Waals surface area contributed by atoms with Gasteiger partial charge in [0.25, 0.3) is 0 Å². The largest absolute Gasteiger partial charge is 0.339 e. The predicted octanol–water partition coefficient (Wildman–Crippen LogP) is 1.00. The van der Waals surface area contributed by atoms with Crippen LogP contribution in [0, 0.1) is 6.92 Å². The quantitative estimate of drug-likeness (QED) is 0.733. The number of aromatic nitrogens is 2. The Labute approximate surface area is 72.1 Å². The Morgan fingerprint density at radius 3 is 2.58 bits per heavy atom. The summed E-state index contributed by atoms with van der Waals surface area (Å²) in [5.41, 5.74) is 5.37. The number of nitrogens with two attached hydrogens (primary N) is 1. The summed E-state index contributed by atoms with van der Waals surface area (Å²) < 4.78 is 5.06. The molecule has 1 aromatic heterocycles. The van der Waals surface area contributed by atoms with Crippen LogP contribution in [0.3, 0.4) is 0 Å². The van der Waals surface area contributed by atoms with Crippen LogP contribution in [-0.2, 0) is 5.41 Å². The SMILES string of the molecule is Cc1noc(C(C)(C)CCN)n1. The van der Waals surface area contributed by atoms with Gasteiger partial charge in [0.1, 0.15) is 0 Å². The third-order valence-electron chi connectivity index (χ3n) is 1.88. The molecule has 0 saturated heterocycles. The highest BCUT2D eigenvalue weighted by Crippen LogP contribution is 2.24. The molecular weight excluding hydrogens is 154 g/mol. The number of hydrogen-bond donors (Lipinski definition) is 1. The summed E-state index contributed by atoms with van der Waals surface area (Å²) in [6.07, 6.45) is 0.856. The van der Waals surface area contributed by atoms with Crippen LogP contribution >= 0.6 is 0 Å². The zero-order chi connectivity index (χ0) is 9.19. The van der Waals surface area contributed by atoms with Crippen LogP contribution in [0.1, 0.15) is 32.0 Å². The minimum atomic E-state index is -0.101. The van der Waals surface area contributed by atoms with Crippen LogP contribution in [0.15, 0.2) is 4.52 Å². The molecule has 0 unspecified atom stereocenters. The average molecular weight is 169 g/mol. The normalized spacial score (nSPS) is 12.0. The van der Waals surface area contributed by atoms with E-state index in [4.69, 9.17) is 10.3 Å².